The van der Waals surface area contributed by atoms with Crippen LogP contribution in [0, 0.1) is 0 Å². The lowest BCUT2D eigenvalue weighted by atomic mass is 10.7. The molecule has 0 aromatic carbocycles. The average molecular weight is 234 g/mol. The number of halogens is 3. The minimum atomic E-state index is -5.84. The van der Waals surface area contributed by atoms with Crippen molar-refractivity contribution < 1.29 is 26.1 Å². The smallest absolute Gasteiger partial charge is 0.279 e. The summed E-state index contributed by atoms with van der Waals surface area (Å²) in [6.45, 7) is 0. The summed E-state index contributed by atoms with van der Waals surface area (Å²) in [4.78, 5) is 0. The third-order valence-corrected chi connectivity index (χ3v) is 1.93. The highest BCUT2D eigenvalue weighted by atomic mass is 32.2. The predicted molar refractivity (Wildman–Crippen MR) is 41.9 cm³/mol. The van der Waals surface area contributed by atoms with E-state index in [1.807, 2.05) is 22.9 Å². The highest BCUT2D eigenvalue weighted by Gasteiger charge is 2.44. The van der Waals surface area contributed by atoms with Crippen molar-refractivity contribution in [2.45, 2.75) is 5.51 Å². The second-order valence-electron chi connectivity index (χ2n) is 1.71. The van der Waals surface area contributed by atoms with Crippen molar-refractivity contribution in [3.8, 4) is 0 Å². The van der Waals surface area contributed by atoms with Gasteiger partial charge in [0.15, 0.2) is 0 Å². The van der Waals surface area contributed by atoms with Gasteiger partial charge in [-0.25, -0.2) is 0 Å². The van der Waals surface area contributed by atoms with Crippen molar-refractivity contribution in [2.75, 3.05) is 0 Å². The monoisotopic (exact) mass is 234 g/mol. The van der Waals surface area contributed by atoms with E-state index in [2.05, 4.69) is 0 Å². The maximum Gasteiger partial charge on any atom is 0.522 e. The van der Waals surface area contributed by atoms with E-state index in [0.29, 0.717) is 0 Å². The van der Waals surface area contributed by atoms with Gasteiger partial charge in [-0.2, -0.15) is 32.9 Å². The van der Waals surface area contributed by atoms with Crippen LogP contribution in [0.5, 0.6) is 0 Å². The first-order valence-corrected chi connectivity index (χ1v) is 5.14. The molecule has 1 heterocycles. The van der Waals surface area contributed by atoms with Gasteiger partial charge in [-0.3, -0.25) is 4.55 Å². The van der Waals surface area contributed by atoms with Gasteiger partial charge in [0.05, 0.1) is 0 Å². The predicted octanol–water partition coefficient (Wildman–Crippen LogP) is 2.14. The second-order valence-corrected chi connectivity index (χ2v) is 3.94. The van der Waals surface area contributed by atoms with Crippen LogP contribution in [0.1, 0.15) is 0 Å². The molecule has 0 radical (unpaired) electrons. The Kier molecular flexibility index (Phi) is 4.37. The third-order valence-electron chi connectivity index (χ3n) is 0.718. The van der Waals surface area contributed by atoms with E-state index in [1.165, 1.54) is 0 Å². The maximum absolute atomic E-state index is 10.7. The van der Waals surface area contributed by atoms with E-state index < -0.39 is 15.6 Å². The topological polar surface area (TPSA) is 54.4 Å². The van der Waals surface area contributed by atoms with E-state index >= 15 is 0 Å². The Labute approximate surface area is 76.6 Å². The Morgan fingerprint density at radius 1 is 1.15 bits per heavy atom. The summed E-state index contributed by atoms with van der Waals surface area (Å²) in [5.41, 5.74) is -5.53. The zero-order valence-electron chi connectivity index (χ0n) is 6.02. The van der Waals surface area contributed by atoms with E-state index in [4.69, 9.17) is 13.0 Å². The van der Waals surface area contributed by atoms with E-state index in [-0.39, 0.29) is 0 Å². The Hall–Kier alpha value is -0.600. The molecule has 76 valence electrons. The molecule has 0 aliphatic rings. The van der Waals surface area contributed by atoms with Crippen molar-refractivity contribution in [1.29, 1.82) is 0 Å². The van der Waals surface area contributed by atoms with Crippen molar-refractivity contribution in [3.63, 3.8) is 0 Å². The van der Waals surface area contributed by atoms with E-state index in [9.17, 15) is 13.2 Å². The minimum Gasteiger partial charge on any atom is -0.279 e. The molecule has 0 aliphatic heterocycles. The van der Waals surface area contributed by atoms with Crippen LogP contribution in [0.25, 0.3) is 0 Å². The van der Waals surface area contributed by atoms with Crippen LogP contribution in [0.2, 0.25) is 0 Å². The normalized spacial score (nSPS) is 11.7. The Morgan fingerprint density at radius 3 is 1.54 bits per heavy atom. The molecule has 1 rings (SSSR count). The molecule has 13 heavy (non-hydrogen) atoms. The lowest BCUT2D eigenvalue weighted by molar-refractivity contribution is -0.0510. The lowest BCUT2D eigenvalue weighted by Gasteiger charge is -1.97. The fourth-order valence-electron chi connectivity index (χ4n) is 0.227. The minimum absolute atomic E-state index is 1.71. The molecule has 0 amide bonds. The van der Waals surface area contributed by atoms with Crippen LogP contribution in [0.15, 0.2) is 22.9 Å². The molecule has 0 aliphatic carbocycles. The summed E-state index contributed by atoms with van der Waals surface area (Å²) in [5.74, 6) is 0. The van der Waals surface area contributed by atoms with Gasteiger partial charge in [-0.1, -0.05) is 12.1 Å². The first-order valence-electron chi connectivity index (χ1n) is 2.76. The average Bonchev–Trinajstić information content (AvgIpc) is 2.35. The fraction of sp³-hybridized carbons (Fsp3) is 0.200. The van der Waals surface area contributed by atoms with Crippen LogP contribution in [0.3, 0.4) is 0 Å². The summed E-state index contributed by atoms with van der Waals surface area (Å²) in [7, 11) is -5.84. The highest BCUT2D eigenvalue weighted by Crippen LogP contribution is 2.20. The molecule has 1 aromatic rings. The lowest BCUT2D eigenvalue weighted by Crippen LogP contribution is -2.21. The summed E-state index contributed by atoms with van der Waals surface area (Å²) >= 11 is 1.71. The molecule has 0 fully saturated rings. The summed E-state index contributed by atoms with van der Waals surface area (Å²) in [5, 5.41) is 4.08. The van der Waals surface area contributed by atoms with E-state index in [0.717, 1.165) is 0 Å². The van der Waals surface area contributed by atoms with Gasteiger partial charge in [0.2, 0.25) is 0 Å². The molecule has 0 saturated carbocycles. The zero-order chi connectivity index (χ0) is 10.5. The van der Waals surface area contributed by atoms with Crippen LogP contribution in [-0.2, 0) is 10.1 Å². The molecule has 8 heteroatoms. The van der Waals surface area contributed by atoms with Crippen LogP contribution < -0.4 is 0 Å². The number of thiophene rings is 1. The van der Waals surface area contributed by atoms with Gasteiger partial charge in [0, 0.05) is 0 Å². The first kappa shape index (κ1) is 12.4. The van der Waals surface area contributed by atoms with Gasteiger partial charge >= 0.3 is 15.6 Å². The summed E-state index contributed by atoms with van der Waals surface area (Å²) in [6, 6.07) is 4.04. The number of alkyl halides is 3. The van der Waals surface area contributed by atoms with Crippen LogP contribution >= 0.6 is 11.3 Å². The molecule has 0 atom stereocenters. The third kappa shape index (κ3) is 5.61. The second kappa shape index (κ2) is 4.58. The molecule has 0 bridgehead atoms. The Balaban J connectivity index is 0.000000243. The fourth-order valence-corrected chi connectivity index (χ4v) is 0.680. The molecule has 1 N–H and O–H groups in total. The molecular weight excluding hydrogens is 229 g/mol. The SMILES string of the molecule is O=S(=O)(O)C(F)(F)F.c1ccsc1. The van der Waals surface area contributed by atoms with Crippen molar-refractivity contribution in [3.05, 3.63) is 22.9 Å². The summed E-state index contributed by atoms with van der Waals surface area (Å²) < 4.78 is 57.5. The Bertz CT molecular complexity index is 296. The molecule has 3 nitrogen and oxygen atoms in total. The zero-order valence-corrected chi connectivity index (χ0v) is 7.66. The number of hydrogen-bond donors (Lipinski definition) is 1. The van der Waals surface area contributed by atoms with Crippen LogP contribution in [-0.4, -0.2) is 18.5 Å². The number of rotatable bonds is 0. The largest absolute Gasteiger partial charge is 0.522 e. The maximum atomic E-state index is 10.7. The van der Waals surface area contributed by atoms with Gasteiger partial charge in [-0.15, -0.1) is 0 Å². The van der Waals surface area contributed by atoms with Gasteiger partial charge in [0.25, 0.3) is 0 Å². The molecule has 1 aromatic heterocycles. The van der Waals surface area contributed by atoms with Crippen molar-refractivity contribution >= 4 is 21.5 Å². The summed E-state index contributed by atoms with van der Waals surface area (Å²) in [6.07, 6.45) is 0. The van der Waals surface area contributed by atoms with E-state index in [1.54, 1.807) is 11.3 Å². The van der Waals surface area contributed by atoms with Crippen molar-refractivity contribution in [1.82, 2.24) is 0 Å². The molecule has 0 unspecified atom stereocenters. The molecular formula is C5H5F3O3S2. The quantitative estimate of drug-likeness (QED) is 0.552. The van der Waals surface area contributed by atoms with Gasteiger partial charge in [-0.05, 0) is 10.8 Å². The van der Waals surface area contributed by atoms with Crippen molar-refractivity contribution in [2.24, 2.45) is 0 Å². The number of hydrogen-bond acceptors (Lipinski definition) is 3. The van der Waals surface area contributed by atoms with Crippen LogP contribution in [0.4, 0.5) is 13.2 Å². The van der Waals surface area contributed by atoms with Gasteiger partial charge in [0.1, 0.15) is 0 Å². The Morgan fingerprint density at radius 2 is 1.46 bits per heavy atom. The molecule has 0 spiro atoms. The van der Waals surface area contributed by atoms with Gasteiger partial charge < -0.3 is 0 Å². The first-order chi connectivity index (χ1) is 5.75. The standard InChI is InChI=1S/C4H4S.CHF3O3S/c1-2-4-5-3-1;2-1(3,4)8(5,6)7/h1-4H;(H,5,6,7). The molecule has 0 saturated heterocycles. The highest BCUT2D eigenvalue weighted by molar-refractivity contribution is 7.86.